The van der Waals surface area contributed by atoms with Crippen molar-refractivity contribution in [3.8, 4) is 0 Å². The fraction of sp³-hybridized carbons (Fsp3) is 0.267. The first-order valence-electron chi connectivity index (χ1n) is 6.58. The van der Waals surface area contributed by atoms with Gasteiger partial charge in [-0.1, -0.05) is 6.92 Å². The highest BCUT2D eigenvalue weighted by molar-refractivity contribution is 7.17. The number of benzene rings is 1. The molecule has 0 unspecified atom stereocenters. The van der Waals surface area contributed by atoms with Crippen molar-refractivity contribution in [1.82, 2.24) is 9.55 Å². The van der Waals surface area contributed by atoms with Crippen LogP contribution in [-0.2, 0) is 13.1 Å². The minimum absolute atomic E-state index is 0.767. The molecule has 0 bridgehead atoms. The molecule has 1 N–H and O–H groups in total. The maximum atomic E-state index is 4.40. The van der Waals surface area contributed by atoms with Gasteiger partial charge in [-0.25, -0.2) is 4.98 Å². The molecular formula is C15H17N3S. The van der Waals surface area contributed by atoms with Crippen molar-refractivity contribution in [1.29, 1.82) is 0 Å². The average Bonchev–Trinajstić information content (AvgIpc) is 3.05. The van der Waals surface area contributed by atoms with Crippen LogP contribution in [0.15, 0.2) is 42.0 Å². The lowest BCUT2D eigenvalue weighted by Gasteiger charge is -2.09. The van der Waals surface area contributed by atoms with Crippen LogP contribution in [0.25, 0.3) is 10.1 Å². The zero-order valence-corrected chi connectivity index (χ0v) is 11.8. The molecule has 0 amide bonds. The Balaban J connectivity index is 1.72. The maximum absolute atomic E-state index is 4.40. The minimum atomic E-state index is 0.767. The molecule has 3 nitrogen and oxygen atoms in total. The van der Waals surface area contributed by atoms with Crippen LogP contribution in [0.5, 0.6) is 0 Å². The van der Waals surface area contributed by atoms with E-state index in [1.165, 1.54) is 10.1 Å². The number of nitrogens with zero attached hydrogens (tertiary/aromatic N) is 2. The number of thiophene rings is 1. The quantitative estimate of drug-likeness (QED) is 0.756. The van der Waals surface area contributed by atoms with E-state index >= 15 is 0 Å². The van der Waals surface area contributed by atoms with Gasteiger partial charge in [0.25, 0.3) is 0 Å². The van der Waals surface area contributed by atoms with Gasteiger partial charge in [-0.2, -0.15) is 0 Å². The van der Waals surface area contributed by atoms with Crippen LogP contribution in [0.2, 0.25) is 0 Å². The molecule has 98 valence electrons. The van der Waals surface area contributed by atoms with Gasteiger partial charge < -0.3 is 9.88 Å². The third-order valence-electron chi connectivity index (χ3n) is 3.17. The van der Waals surface area contributed by atoms with Crippen molar-refractivity contribution in [2.24, 2.45) is 0 Å². The number of imidazole rings is 1. The summed E-state index contributed by atoms with van der Waals surface area (Å²) in [5, 5.41) is 6.87. The van der Waals surface area contributed by atoms with Crippen LogP contribution in [0.4, 0.5) is 5.69 Å². The number of nitrogens with one attached hydrogen (secondary N) is 1. The number of hydrogen-bond acceptors (Lipinski definition) is 3. The standard InChI is InChI=1S/C15H17N3S/c1-2-7-18-8-6-16-15(18)11-17-13-3-4-14-12(10-13)5-9-19-14/h3-6,8-10,17H,2,7,11H2,1H3. The highest BCUT2D eigenvalue weighted by atomic mass is 32.1. The Hall–Kier alpha value is -1.81. The van der Waals surface area contributed by atoms with E-state index < -0.39 is 0 Å². The molecule has 1 aromatic carbocycles. The second-order valence-electron chi connectivity index (χ2n) is 4.56. The molecular weight excluding hydrogens is 254 g/mol. The molecule has 0 fully saturated rings. The number of rotatable bonds is 5. The molecule has 0 saturated carbocycles. The van der Waals surface area contributed by atoms with Gasteiger partial charge in [0.1, 0.15) is 5.82 Å². The predicted octanol–water partition coefficient (Wildman–Crippen LogP) is 4.12. The molecule has 0 saturated heterocycles. The van der Waals surface area contributed by atoms with Crippen molar-refractivity contribution in [2.45, 2.75) is 26.4 Å². The normalized spacial score (nSPS) is 11.0. The summed E-state index contributed by atoms with van der Waals surface area (Å²) in [7, 11) is 0. The van der Waals surface area contributed by atoms with Crippen LogP contribution in [0, 0.1) is 0 Å². The number of anilines is 1. The molecule has 3 rings (SSSR count). The van der Waals surface area contributed by atoms with Gasteiger partial charge in [-0.05, 0) is 41.5 Å². The molecule has 19 heavy (non-hydrogen) atoms. The van der Waals surface area contributed by atoms with Crippen LogP contribution in [0.3, 0.4) is 0 Å². The lowest BCUT2D eigenvalue weighted by atomic mass is 10.2. The first kappa shape index (κ1) is 12.2. The molecule has 4 heteroatoms. The van der Waals surface area contributed by atoms with Gasteiger partial charge in [0, 0.05) is 29.3 Å². The summed E-state index contributed by atoms with van der Waals surface area (Å²) in [6.45, 7) is 3.98. The SMILES string of the molecule is CCCn1ccnc1CNc1ccc2sccc2c1. The van der Waals surface area contributed by atoms with Crippen molar-refractivity contribution < 1.29 is 0 Å². The van der Waals surface area contributed by atoms with Gasteiger partial charge >= 0.3 is 0 Å². The van der Waals surface area contributed by atoms with Crippen LogP contribution < -0.4 is 5.32 Å². The highest BCUT2D eigenvalue weighted by Gasteiger charge is 2.02. The smallest absolute Gasteiger partial charge is 0.128 e. The van der Waals surface area contributed by atoms with Crippen LogP contribution in [0.1, 0.15) is 19.2 Å². The maximum Gasteiger partial charge on any atom is 0.128 e. The van der Waals surface area contributed by atoms with E-state index in [4.69, 9.17) is 0 Å². The molecule has 0 aliphatic heterocycles. The Morgan fingerprint density at radius 3 is 3.16 bits per heavy atom. The molecule has 0 aliphatic rings. The first-order valence-corrected chi connectivity index (χ1v) is 7.46. The van der Waals surface area contributed by atoms with Gasteiger partial charge in [-0.15, -0.1) is 11.3 Å². The van der Waals surface area contributed by atoms with Gasteiger partial charge in [-0.3, -0.25) is 0 Å². The van der Waals surface area contributed by atoms with E-state index in [1.54, 1.807) is 11.3 Å². The van der Waals surface area contributed by atoms with Gasteiger partial charge in [0.15, 0.2) is 0 Å². The molecule has 0 aliphatic carbocycles. The summed E-state index contributed by atoms with van der Waals surface area (Å²) in [6.07, 6.45) is 5.04. The molecule has 0 radical (unpaired) electrons. The van der Waals surface area contributed by atoms with E-state index in [1.807, 2.05) is 12.4 Å². The number of hydrogen-bond donors (Lipinski definition) is 1. The van der Waals surface area contributed by atoms with Crippen molar-refractivity contribution in [2.75, 3.05) is 5.32 Å². The molecule has 2 heterocycles. The Bertz CT molecular complexity index is 669. The van der Waals surface area contributed by atoms with E-state index in [0.29, 0.717) is 0 Å². The van der Waals surface area contributed by atoms with E-state index in [-0.39, 0.29) is 0 Å². The Kier molecular flexibility index (Phi) is 3.51. The predicted molar refractivity (Wildman–Crippen MR) is 81.7 cm³/mol. The topological polar surface area (TPSA) is 29.9 Å². The summed E-state index contributed by atoms with van der Waals surface area (Å²) in [6, 6.07) is 8.65. The summed E-state index contributed by atoms with van der Waals surface area (Å²) in [5.41, 5.74) is 1.15. The monoisotopic (exact) mass is 271 g/mol. The fourth-order valence-corrected chi connectivity index (χ4v) is 2.98. The molecule has 3 aromatic rings. The van der Waals surface area contributed by atoms with E-state index in [0.717, 1.165) is 31.0 Å². The Morgan fingerprint density at radius 2 is 2.26 bits per heavy atom. The lowest BCUT2D eigenvalue weighted by molar-refractivity contribution is 0.644. The van der Waals surface area contributed by atoms with Crippen molar-refractivity contribution >= 4 is 27.1 Å². The second-order valence-corrected chi connectivity index (χ2v) is 5.51. The van der Waals surface area contributed by atoms with E-state index in [2.05, 4.69) is 51.4 Å². The summed E-state index contributed by atoms with van der Waals surface area (Å²) in [4.78, 5) is 4.40. The first-order chi connectivity index (χ1) is 9.36. The number of aryl methyl sites for hydroxylation is 1. The summed E-state index contributed by atoms with van der Waals surface area (Å²) >= 11 is 1.78. The largest absolute Gasteiger partial charge is 0.378 e. The van der Waals surface area contributed by atoms with Crippen LogP contribution >= 0.6 is 11.3 Å². The lowest BCUT2D eigenvalue weighted by Crippen LogP contribution is -2.08. The van der Waals surface area contributed by atoms with Crippen LogP contribution in [-0.4, -0.2) is 9.55 Å². The Morgan fingerprint density at radius 1 is 1.32 bits per heavy atom. The third-order valence-corrected chi connectivity index (χ3v) is 4.07. The second kappa shape index (κ2) is 5.45. The fourth-order valence-electron chi connectivity index (χ4n) is 2.21. The zero-order chi connectivity index (χ0) is 13.1. The minimum Gasteiger partial charge on any atom is -0.378 e. The van der Waals surface area contributed by atoms with E-state index in [9.17, 15) is 0 Å². The molecule has 0 spiro atoms. The van der Waals surface area contributed by atoms with Crippen molar-refractivity contribution in [3.05, 3.63) is 47.9 Å². The molecule has 0 atom stereocenters. The highest BCUT2D eigenvalue weighted by Crippen LogP contribution is 2.24. The summed E-state index contributed by atoms with van der Waals surface area (Å²) < 4.78 is 3.54. The summed E-state index contributed by atoms with van der Waals surface area (Å²) in [5.74, 6) is 1.09. The van der Waals surface area contributed by atoms with Crippen molar-refractivity contribution in [3.63, 3.8) is 0 Å². The van der Waals surface area contributed by atoms with Gasteiger partial charge in [0.05, 0.1) is 6.54 Å². The number of aromatic nitrogens is 2. The zero-order valence-electron chi connectivity index (χ0n) is 11.0. The number of fused-ring (bicyclic) bond motifs is 1. The third kappa shape index (κ3) is 2.63. The Labute approximate surface area is 116 Å². The molecule has 2 aromatic heterocycles. The van der Waals surface area contributed by atoms with Gasteiger partial charge in [0.2, 0.25) is 0 Å². The average molecular weight is 271 g/mol.